The van der Waals surface area contributed by atoms with Crippen LogP contribution >= 0.6 is 11.6 Å². The van der Waals surface area contributed by atoms with Gasteiger partial charge < -0.3 is 15.4 Å². The molecule has 1 rings (SSSR count). The number of hydrogen-bond acceptors (Lipinski definition) is 3. The first-order valence-electron chi connectivity index (χ1n) is 6.93. The minimum atomic E-state index is -0.0126. The number of ether oxygens (including phenoxy) is 1. The van der Waals surface area contributed by atoms with E-state index in [9.17, 15) is 4.79 Å². The van der Waals surface area contributed by atoms with Crippen LogP contribution in [0.4, 0.5) is 0 Å². The smallest absolute Gasteiger partial charge is 0.216 e. The van der Waals surface area contributed by atoms with E-state index in [1.54, 1.807) is 0 Å². The SMILES string of the molecule is CC[C@@H](C)Oc1ccc(CNCCNC(C)=O)cc1Cl. The molecule has 1 aromatic carbocycles. The summed E-state index contributed by atoms with van der Waals surface area (Å²) in [6, 6.07) is 5.80. The van der Waals surface area contributed by atoms with E-state index in [2.05, 4.69) is 17.6 Å². The normalized spacial score (nSPS) is 12.0. The number of rotatable bonds is 8. The van der Waals surface area contributed by atoms with Gasteiger partial charge in [-0.05, 0) is 31.0 Å². The van der Waals surface area contributed by atoms with E-state index in [1.165, 1.54) is 6.92 Å². The summed E-state index contributed by atoms with van der Waals surface area (Å²) < 4.78 is 5.72. The molecule has 5 heteroatoms. The Kier molecular flexibility index (Phi) is 7.41. The number of carbonyl (C=O) groups is 1. The summed E-state index contributed by atoms with van der Waals surface area (Å²) in [5.74, 6) is 0.712. The topological polar surface area (TPSA) is 50.4 Å². The van der Waals surface area contributed by atoms with Crippen molar-refractivity contribution in [1.82, 2.24) is 10.6 Å². The van der Waals surface area contributed by atoms with Crippen molar-refractivity contribution in [1.29, 1.82) is 0 Å². The van der Waals surface area contributed by atoms with Crippen molar-refractivity contribution in [3.63, 3.8) is 0 Å². The lowest BCUT2D eigenvalue weighted by Gasteiger charge is -2.14. The zero-order valence-electron chi connectivity index (χ0n) is 12.3. The fraction of sp³-hybridized carbons (Fsp3) is 0.533. The van der Waals surface area contributed by atoms with Crippen molar-refractivity contribution in [2.24, 2.45) is 0 Å². The molecule has 0 aromatic heterocycles. The van der Waals surface area contributed by atoms with E-state index in [1.807, 2.05) is 25.1 Å². The van der Waals surface area contributed by atoms with Gasteiger partial charge in [0.15, 0.2) is 0 Å². The van der Waals surface area contributed by atoms with Gasteiger partial charge in [-0.3, -0.25) is 4.79 Å². The van der Waals surface area contributed by atoms with E-state index < -0.39 is 0 Å². The summed E-state index contributed by atoms with van der Waals surface area (Å²) in [5, 5.41) is 6.61. The van der Waals surface area contributed by atoms with Crippen LogP contribution in [0.5, 0.6) is 5.75 Å². The third-order valence-electron chi connectivity index (χ3n) is 2.90. The highest BCUT2D eigenvalue weighted by Crippen LogP contribution is 2.26. The highest BCUT2D eigenvalue weighted by Gasteiger charge is 2.06. The molecule has 1 atom stereocenters. The van der Waals surface area contributed by atoms with Gasteiger partial charge in [-0.25, -0.2) is 0 Å². The van der Waals surface area contributed by atoms with Crippen molar-refractivity contribution in [2.75, 3.05) is 13.1 Å². The van der Waals surface area contributed by atoms with Crippen molar-refractivity contribution in [2.45, 2.75) is 39.8 Å². The number of nitrogens with one attached hydrogen (secondary N) is 2. The van der Waals surface area contributed by atoms with E-state index in [4.69, 9.17) is 16.3 Å². The lowest BCUT2D eigenvalue weighted by molar-refractivity contribution is -0.118. The summed E-state index contributed by atoms with van der Waals surface area (Å²) in [6.45, 7) is 7.67. The maximum Gasteiger partial charge on any atom is 0.216 e. The predicted octanol–water partition coefficient (Wildman–Crippen LogP) is 2.74. The lowest BCUT2D eigenvalue weighted by Crippen LogP contribution is -2.29. The third-order valence-corrected chi connectivity index (χ3v) is 3.20. The van der Waals surface area contributed by atoms with Crippen molar-refractivity contribution in [3.8, 4) is 5.75 Å². The molecule has 0 unspecified atom stereocenters. The first-order valence-corrected chi connectivity index (χ1v) is 7.31. The van der Waals surface area contributed by atoms with E-state index in [-0.39, 0.29) is 12.0 Å². The molecule has 0 saturated heterocycles. The number of carbonyl (C=O) groups excluding carboxylic acids is 1. The van der Waals surface area contributed by atoms with Crippen LogP contribution in [-0.2, 0) is 11.3 Å². The quantitative estimate of drug-likeness (QED) is 0.726. The fourth-order valence-electron chi connectivity index (χ4n) is 1.61. The van der Waals surface area contributed by atoms with Crippen molar-refractivity contribution in [3.05, 3.63) is 28.8 Å². The third kappa shape index (κ3) is 6.26. The Balaban J connectivity index is 2.41. The number of amides is 1. The van der Waals surface area contributed by atoms with E-state index in [0.717, 1.165) is 24.3 Å². The van der Waals surface area contributed by atoms with Gasteiger partial charge in [0.2, 0.25) is 5.91 Å². The zero-order chi connectivity index (χ0) is 15.0. The fourth-order valence-corrected chi connectivity index (χ4v) is 1.86. The molecule has 0 bridgehead atoms. The average Bonchev–Trinajstić information content (AvgIpc) is 2.40. The molecule has 1 aromatic rings. The summed E-state index contributed by atoms with van der Waals surface area (Å²) in [5.41, 5.74) is 1.09. The minimum Gasteiger partial charge on any atom is -0.489 e. The van der Waals surface area contributed by atoms with Crippen LogP contribution in [-0.4, -0.2) is 25.1 Å². The molecule has 112 valence electrons. The summed E-state index contributed by atoms with van der Waals surface area (Å²) in [6.07, 6.45) is 1.11. The Morgan fingerprint density at radius 1 is 1.40 bits per heavy atom. The Morgan fingerprint density at radius 3 is 2.75 bits per heavy atom. The molecule has 0 aliphatic rings. The monoisotopic (exact) mass is 298 g/mol. The van der Waals surface area contributed by atoms with E-state index in [0.29, 0.717) is 18.1 Å². The molecule has 1 amide bonds. The van der Waals surface area contributed by atoms with Gasteiger partial charge in [0.1, 0.15) is 5.75 Å². The van der Waals surface area contributed by atoms with Gasteiger partial charge in [-0.2, -0.15) is 0 Å². The maximum absolute atomic E-state index is 10.7. The summed E-state index contributed by atoms with van der Waals surface area (Å²) >= 11 is 6.20. The minimum absolute atomic E-state index is 0.0126. The van der Waals surface area contributed by atoms with Crippen molar-refractivity contribution >= 4 is 17.5 Å². The molecule has 0 aliphatic carbocycles. The molecule has 0 aliphatic heterocycles. The van der Waals surface area contributed by atoms with Crippen LogP contribution in [0.1, 0.15) is 32.8 Å². The molecule has 0 saturated carbocycles. The molecule has 2 N–H and O–H groups in total. The first-order chi connectivity index (χ1) is 9.52. The number of benzene rings is 1. The second kappa shape index (κ2) is 8.82. The van der Waals surface area contributed by atoms with Crippen LogP contribution < -0.4 is 15.4 Å². The van der Waals surface area contributed by atoms with Gasteiger partial charge in [-0.1, -0.05) is 24.6 Å². The average molecular weight is 299 g/mol. The first kappa shape index (κ1) is 16.8. The summed E-state index contributed by atoms with van der Waals surface area (Å²) in [7, 11) is 0. The molecule has 0 radical (unpaired) electrons. The van der Waals surface area contributed by atoms with Gasteiger partial charge in [-0.15, -0.1) is 0 Å². The van der Waals surface area contributed by atoms with Gasteiger partial charge >= 0.3 is 0 Å². The highest BCUT2D eigenvalue weighted by molar-refractivity contribution is 6.32. The number of halogens is 1. The standard InChI is InChI=1S/C15H23ClN2O2/c1-4-11(2)20-15-6-5-13(9-14(15)16)10-17-7-8-18-12(3)19/h5-6,9,11,17H,4,7-8,10H2,1-3H3,(H,18,19)/t11-/m1/s1. The van der Waals surface area contributed by atoms with Gasteiger partial charge in [0.05, 0.1) is 11.1 Å². The van der Waals surface area contributed by atoms with Crippen LogP contribution in [0.25, 0.3) is 0 Å². The molecular weight excluding hydrogens is 276 g/mol. The lowest BCUT2D eigenvalue weighted by atomic mass is 10.2. The second-order valence-electron chi connectivity index (χ2n) is 4.76. The van der Waals surface area contributed by atoms with Crippen molar-refractivity contribution < 1.29 is 9.53 Å². The molecular formula is C15H23ClN2O2. The van der Waals surface area contributed by atoms with Crippen LogP contribution in [0.3, 0.4) is 0 Å². The second-order valence-corrected chi connectivity index (χ2v) is 5.17. The molecule has 0 spiro atoms. The molecule has 20 heavy (non-hydrogen) atoms. The van der Waals surface area contributed by atoms with Crippen LogP contribution in [0.15, 0.2) is 18.2 Å². The predicted molar refractivity (Wildman–Crippen MR) is 82.2 cm³/mol. The Morgan fingerprint density at radius 2 is 2.15 bits per heavy atom. The van der Waals surface area contributed by atoms with E-state index >= 15 is 0 Å². The molecule has 0 heterocycles. The Labute approximate surface area is 125 Å². The van der Waals surface area contributed by atoms with Gasteiger partial charge in [0.25, 0.3) is 0 Å². The Hall–Kier alpha value is -1.26. The molecule has 4 nitrogen and oxygen atoms in total. The summed E-state index contributed by atoms with van der Waals surface area (Å²) in [4.78, 5) is 10.7. The molecule has 0 fully saturated rings. The van der Waals surface area contributed by atoms with Crippen LogP contribution in [0.2, 0.25) is 5.02 Å². The number of hydrogen-bond donors (Lipinski definition) is 2. The zero-order valence-corrected chi connectivity index (χ0v) is 13.1. The largest absolute Gasteiger partial charge is 0.489 e. The Bertz CT molecular complexity index is 438. The van der Waals surface area contributed by atoms with Crippen LogP contribution in [0, 0.1) is 0 Å². The maximum atomic E-state index is 10.7. The van der Waals surface area contributed by atoms with Gasteiger partial charge in [0, 0.05) is 26.6 Å². The highest BCUT2D eigenvalue weighted by atomic mass is 35.5.